The smallest absolute Gasteiger partial charge is 0.280 e. The first kappa shape index (κ1) is 27.9. The van der Waals surface area contributed by atoms with Gasteiger partial charge in [-0.25, -0.2) is 18.2 Å². The van der Waals surface area contributed by atoms with Crippen LogP contribution in [-0.4, -0.2) is 38.2 Å². The Hall–Kier alpha value is -4.09. The molecule has 11 heteroatoms. The summed E-state index contributed by atoms with van der Waals surface area (Å²) in [6, 6.07) is 13.9. The van der Waals surface area contributed by atoms with Crippen LogP contribution < -0.4 is 15.8 Å². The van der Waals surface area contributed by atoms with Crippen molar-refractivity contribution in [1.29, 1.82) is 0 Å². The van der Waals surface area contributed by atoms with Crippen LogP contribution in [0.25, 0.3) is 22.4 Å². The second-order valence-electron chi connectivity index (χ2n) is 9.42. The Bertz CT molecular complexity index is 1450. The molecule has 3 heterocycles. The average Bonchev–Trinajstić information content (AvgIpc) is 2.90. The number of rotatable bonds is 10. The summed E-state index contributed by atoms with van der Waals surface area (Å²) in [5.41, 5.74) is 8.22. The van der Waals surface area contributed by atoms with Crippen LogP contribution in [-0.2, 0) is 12.1 Å². The largest absolute Gasteiger partial charge is 0.471 e. The number of nitrogens with zero attached hydrogens (tertiary/aromatic N) is 4. The van der Waals surface area contributed by atoms with Crippen molar-refractivity contribution >= 4 is 5.95 Å². The van der Waals surface area contributed by atoms with Crippen LogP contribution in [0.4, 0.5) is 19.1 Å². The molecular weight excluding hydrogens is 509 g/mol. The van der Waals surface area contributed by atoms with Gasteiger partial charge in [-0.1, -0.05) is 6.07 Å². The minimum atomic E-state index is -2.80. The number of halogens is 3. The van der Waals surface area contributed by atoms with Crippen molar-refractivity contribution < 1.29 is 23.0 Å². The summed E-state index contributed by atoms with van der Waals surface area (Å²) in [6.45, 7) is 5.87. The standard InChI is InChI=1S/C28H29F3N6O2/c1-16-13-18(14-21(34-16)25(30)31)23-24(17-7-9-19(29)10-8-17)36-27(32)37-26(23)39-15-20-5-4-6-22(35-20)28(2,3)33-11-12-38/h4-10,13-14,25,33,38H,11-12,15H2,1-3H3,(H2,32,36,37). The molecule has 39 heavy (non-hydrogen) atoms. The summed E-state index contributed by atoms with van der Waals surface area (Å²) in [5, 5.41) is 12.4. The molecule has 4 N–H and O–H groups in total. The van der Waals surface area contributed by atoms with Gasteiger partial charge in [0.25, 0.3) is 6.43 Å². The number of benzene rings is 1. The third-order valence-corrected chi connectivity index (χ3v) is 5.98. The molecule has 0 aliphatic carbocycles. The van der Waals surface area contributed by atoms with Crippen molar-refractivity contribution in [3.05, 3.63) is 83.2 Å². The molecule has 204 valence electrons. The van der Waals surface area contributed by atoms with E-state index in [1.165, 1.54) is 30.3 Å². The van der Waals surface area contributed by atoms with Crippen LogP contribution in [0, 0.1) is 12.7 Å². The van der Waals surface area contributed by atoms with E-state index in [2.05, 4.69) is 25.3 Å². The maximum Gasteiger partial charge on any atom is 0.280 e. The zero-order chi connectivity index (χ0) is 28.2. The van der Waals surface area contributed by atoms with Gasteiger partial charge in [0.15, 0.2) is 0 Å². The zero-order valence-corrected chi connectivity index (χ0v) is 21.8. The molecule has 0 aliphatic heterocycles. The van der Waals surface area contributed by atoms with Gasteiger partial charge in [-0.2, -0.15) is 4.98 Å². The molecule has 0 saturated heterocycles. The Morgan fingerprint density at radius 1 is 1.00 bits per heavy atom. The summed E-state index contributed by atoms with van der Waals surface area (Å²) < 4.78 is 47.1. The monoisotopic (exact) mass is 538 g/mol. The summed E-state index contributed by atoms with van der Waals surface area (Å²) in [7, 11) is 0. The SMILES string of the molecule is Cc1cc(-c2c(OCc3cccc(C(C)(C)NCCO)n3)nc(N)nc2-c2ccc(F)cc2)cc(C(F)F)n1. The van der Waals surface area contributed by atoms with Crippen molar-refractivity contribution in [3.63, 3.8) is 0 Å². The molecule has 0 amide bonds. The van der Waals surface area contributed by atoms with E-state index in [4.69, 9.17) is 10.5 Å². The van der Waals surface area contributed by atoms with Crippen molar-refractivity contribution in [1.82, 2.24) is 25.3 Å². The number of aliphatic hydroxyl groups excluding tert-OH is 1. The lowest BCUT2D eigenvalue weighted by Gasteiger charge is -2.26. The van der Waals surface area contributed by atoms with Gasteiger partial charge in [-0.15, -0.1) is 0 Å². The van der Waals surface area contributed by atoms with Crippen molar-refractivity contribution in [2.24, 2.45) is 0 Å². The highest BCUT2D eigenvalue weighted by molar-refractivity contribution is 5.85. The first-order valence-corrected chi connectivity index (χ1v) is 12.2. The molecule has 0 radical (unpaired) electrons. The van der Waals surface area contributed by atoms with Crippen LogP contribution in [0.3, 0.4) is 0 Å². The molecule has 3 aromatic heterocycles. The molecular formula is C28H29F3N6O2. The fourth-order valence-corrected chi connectivity index (χ4v) is 4.10. The zero-order valence-electron chi connectivity index (χ0n) is 21.8. The molecule has 0 bridgehead atoms. The van der Waals surface area contributed by atoms with Gasteiger partial charge in [0.1, 0.15) is 18.1 Å². The van der Waals surface area contributed by atoms with Crippen molar-refractivity contribution in [3.8, 4) is 28.3 Å². The number of nitrogens with two attached hydrogens (primary N) is 1. The molecule has 0 aliphatic rings. The fraction of sp³-hybridized carbons (Fsp3) is 0.286. The average molecular weight is 539 g/mol. The third-order valence-electron chi connectivity index (χ3n) is 5.98. The molecule has 8 nitrogen and oxygen atoms in total. The normalized spacial score (nSPS) is 11.7. The first-order chi connectivity index (χ1) is 18.6. The predicted octanol–water partition coefficient (Wildman–Crippen LogP) is 4.96. The van der Waals surface area contributed by atoms with E-state index in [1.54, 1.807) is 19.1 Å². The number of nitrogen functional groups attached to an aromatic ring is 1. The van der Waals surface area contributed by atoms with Gasteiger partial charge in [-0.05, 0) is 74.9 Å². The number of ether oxygens (including phenoxy) is 1. The van der Waals surface area contributed by atoms with Gasteiger partial charge in [0, 0.05) is 17.8 Å². The van der Waals surface area contributed by atoms with E-state index in [1.807, 2.05) is 26.0 Å². The minimum Gasteiger partial charge on any atom is -0.471 e. The van der Waals surface area contributed by atoms with E-state index >= 15 is 0 Å². The molecule has 0 unspecified atom stereocenters. The Kier molecular flexibility index (Phi) is 8.41. The van der Waals surface area contributed by atoms with Gasteiger partial charge in [-0.3, -0.25) is 9.97 Å². The lowest BCUT2D eigenvalue weighted by atomic mass is 9.99. The number of aliphatic hydroxyl groups is 1. The van der Waals surface area contributed by atoms with Crippen LogP contribution >= 0.6 is 0 Å². The van der Waals surface area contributed by atoms with Crippen LogP contribution in [0.15, 0.2) is 54.6 Å². The lowest BCUT2D eigenvalue weighted by molar-refractivity contribution is 0.146. The maximum absolute atomic E-state index is 13.7. The molecule has 0 spiro atoms. The van der Waals surface area contributed by atoms with Gasteiger partial charge in [0.05, 0.1) is 34.8 Å². The number of anilines is 1. The maximum atomic E-state index is 13.7. The van der Waals surface area contributed by atoms with E-state index in [-0.39, 0.29) is 25.0 Å². The molecule has 1 aromatic carbocycles. The summed E-state index contributed by atoms with van der Waals surface area (Å²) in [5.74, 6) is -0.498. The number of aryl methyl sites for hydroxylation is 1. The number of aromatic nitrogens is 4. The second-order valence-corrected chi connectivity index (χ2v) is 9.42. The molecule has 0 fully saturated rings. The van der Waals surface area contributed by atoms with Crippen LogP contribution in [0.1, 0.15) is 43.0 Å². The van der Waals surface area contributed by atoms with Crippen LogP contribution in [0.5, 0.6) is 5.88 Å². The number of hydrogen-bond donors (Lipinski definition) is 3. The summed E-state index contributed by atoms with van der Waals surface area (Å²) in [4.78, 5) is 17.2. The van der Waals surface area contributed by atoms with Gasteiger partial charge < -0.3 is 20.9 Å². The Labute approximate surface area is 224 Å². The summed E-state index contributed by atoms with van der Waals surface area (Å²) >= 11 is 0. The van der Waals surface area contributed by atoms with E-state index < -0.39 is 23.5 Å². The number of nitrogens with one attached hydrogen (secondary N) is 1. The molecule has 0 atom stereocenters. The summed E-state index contributed by atoms with van der Waals surface area (Å²) in [6.07, 6.45) is -2.80. The second kappa shape index (κ2) is 11.7. The molecule has 0 saturated carbocycles. The number of alkyl halides is 2. The minimum absolute atomic E-state index is 0.0116. The third kappa shape index (κ3) is 6.68. The Morgan fingerprint density at radius 2 is 1.74 bits per heavy atom. The Balaban J connectivity index is 1.79. The van der Waals surface area contributed by atoms with Gasteiger partial charge in [0.2, 0.25) is 11.8 Å². The quantitative estimate of drug-likeness (QED) is 0.259. The Morgan fingerprint density at radius 3 is 2.44 bits per heavy atom. The van der Waals surface area contributed by atoms with Crippen molar-refractivity contribution in [2.75, 3.05) is 18.9 Å². The topological polar surface area (TPSA) is 119 Å². The molecule has 4 rings (SSSR count). The number of hydrogen-bond acceptors (Lipinski definition) is 8. The highest BCUT2D eigenvalue weighted by Crippen LogP contribution is 2.39. The predicted molar refractivity (Wildman–Crippen MR) is 141 cm³/mol. The highest BCUT2D eigenvalue weighted by atomic mass is 19.3. The van der Waals surface area contributed by atoms with Gasteiger partial charge >= 0.3 is 0 Å². The molecule has 4 aromatic rings. The van der Waals surface area contributed by atoms with E-state index in [0.717, 1.165) is 5.69 Å². The highest BCUT2D eigenvalue weighted by Gasteiger charge is 2.23. The van der Waals surface area contributed by atoms with E-state index in [0.29, 0.717) is 40.3 Å². The van der Waals surface area contributed by atoms with E-state index in [9.17, 15) is 18.3 Å². The van der Waals surface area contributed by atoms with Crippen LogP contribution in [0.2, 0.25) is 0 Å². The fourth-order valence-electron chi connectivity index (χ4n) is 4.10. The first-order valence-electron chi connectivity index (χ1n) is 12.2. The lowest BCUT2D eigenvalue weighted by Crippen LogP contribution is -2.39. The number of pyridine rings is 2. The van der Waals surface area contributed by atoms with Crippen molar-refractivity contribution in [2.45, 2.75) is 39.3 Å².